The molecule has 2 aromatic heterocycles. The van der Waals surface area contributed by atoms with E-state index in [-0.39, 0.29) is 5.41 Å². The number of aromatic nitrogens is 3. The summed E-state index contributed by atoms with van der Waals surface area (Å²) in [4.78, 5) is 9.14. The van der Waals surface area contributed by atoms with E-state index in [4.69, 9.17) is 4.52 Å². The lowest BCUT2D eigenvalue weighted by molar-refractivity contribution is 0.384. The minimum Gasteiger partial charge on any atom is -0.370 e. The Labute approximate surface area is 125 Å². The van der Waals surface area contributed by atoms with Crippen molar-refractivity contribution in [3.05, 3.63) is 29.4 Å². The van der Waals surface area contributed by atoms with Crippen LogP contribution in [0.5, 0.6) is 0 Å². The van der Waals surface area contributed by atoms with Gasteiger partial charge in [0.25, 0.3) is 0 Å². The van der Waals surface area contributed by atoms with Crippen LogP contribution in [0, 0.1) is 6.92 Å². The van der Waals surface area contributed by atoms with Gasteiger partial charge in [0.2, 0.25) is 0 Å². The highest BCUT2D eigenvalue weighted by atomic mass is 16.5. The number of nitrogens with zero attached hydrogens (tertiary/aromatic N) is 3. The van der Waals surface area contributed by atoms with Gasteiger partial charge < -0.3 is 15.2 Å². The molecule has 0 aliphatic carbocycles. The second-order valence-corrected chi connectivity index (χ2v) is 6.03. The molecule has 0 saturated heterocycles. The number of nitrogens with one attached hydrogen (secondary N) is 2. The molecule has 0 saturated carbocycles. The van der Waals surface area contributed by atoms with Crippen LogP contribution in [0.3, 0.4) is 0 Å². The molecule has 2 N–H and O–H groups in total. The van der Waals surface area contributed by atoms with Gasteiger partial charge >= 0.3 is 0 Å². The summed E-state index contributed by atoms with van der Waals surface area (Å²) in [7, 11) is 0. The Kier molecular flexibility index (Phi) is 4.45. The van der Waals surface area contributed by atoms with E-state index >= 15 is 0 Å². The molecule has 2 heterocycles. The van der Waals surface area contributed by atoms with Crippen LogP contribution in [-0.2, 0) is 12.0 Å². The second-order valence-electron chi connectivity index (χ2n) is 6.03. The van der Waals surface area contributed by atoms with Crippen LogP contribution in [0.1, 0.15) is 45.0 Å². The van der Waals surface area contributed by atoms with Crippen molar-refractivity contribution < 1.29 is 4.52 Å². The fraction of sp³-hybridized carbons (Fsp3) is 0.533. The minimum absolute atomic E-state index is 0.106. The third-order valence-electron chi connectivity index (χ3n) is 2.88. The molecule has 0 aliphatic heterocycles. The average molecular weight is 289 g/mol. The molecule has 2 rings (SSSR count). The van der Waals surface area contributed by atoms with Crippen molar-refractivity contribution in [2.75, 3.05) is 17.2 Å². The van der Waals surface area contributed by atoms with E-state index in [2.05, 4.69) is 46.5 Å². The Morgan fingerprint density at radius 2 is 1.76 bits per heavy atom. The number of hydrogen-bond acceptors (Lipinski definition) is 6. The number of rotatable bonds is 5. The molecule has 0 atom stereocenters. The van der Waals surface area contributed by atoms with Gasteiger partial charge in [0, 0.05) is 24.1 Å². The Morgan fingerprint density at radius 3 is 2.29 bits per heavy atom. The number of anilines is 2. The zero-order valence-corrected chi connectivity index (χ0v) is 13.3. The number of aryl methyl sites for hydroxylation is 1. The highest BCUT2D eigenvalue weighted by Gasteiger charge is 2.19. The van der Waals surface area contributed by atoms with Crippen molar-refractivity contribution >= 4 is 11.6 Å². The molecule has 0 aromatic carbocycles. The molecule has 0 unspecified atom stereocenters. The van der Waals surface area contributed by atoms with Crippen LogP contribution in [0.2, 0.25) is 0 Å². The molecule has 6 heteroatoms. The topological polar surface area (TPSA) is 75.9 Å². The summed E-state index contributed by atoms with van der Waals surface area (Å²) in [5.74, 6) is 3.19. The average Bonchev–Trinajstić information content (AvgIpc) is 2.81. The van der Waals surface area contributed by atoms with Gasteiger partial charge in [0.1, 0.15) is 17.5 Å². The van der Waals surface area contributed by atoms with Gasteiger partial charge in [0.15, 0.2) is 5.76 Å². The van der Waals surface area contributed by atoms with E-state index < -0.39 is 0 Å². The summed E-state index contributed by atoms with van der Waals surface area (Å²) < 4.78 is 5.19. The van der Waals surface area contributed by atoms with Crippen molar-refractivity contribution in [2.45, 2.75) is 46.6 Å². The maximum Gasteiger partial charge on any atom is 0.156 e. The van der Waals surface area contributed by atoms with Gasteiger partial charge in [0.05, 0.1) is 12.2 Å². The molecule has 0 spiro atoms. The van der Waals surface area contributed by atoms with E-state index in [1.54, 1.807) is 0 Å². The first-order chi connectivity index (χ1) is 9.88. The summed E-state index contributed by atoms with van der Waals surface area (Å²) in [6.45, 7) is 11.6. The molecular formula is C15H23N5O. The van der Waals surface area contributed by atoms with Gasteiger partial charge in [-0.05, 0) is 13.8 Å². The molecular weight excluding hydrogens is 266 g/mol. The van der Waals surface area contributed by atoms with Crippen molar-refractivity contribution in [2.24, 2.45) is 0 Å². The van der Waals surface area contributed by atoms with Gasteiger partial charge in [-0.2, -0.15) is 0 Å². The third kappa shape index (κ3) is 4.18. The first kappa shape index (κ1) is 15.3. The summed E-state index contributed by atoms with van der Waals surface area (Å²) in [5, 5.41) is 10.4. The molecule has 114 valence electrons. The van der Waals surface area contributed by atoms with Gasteiger partial charge in [-0.25, -0.2) is 9.97 Å². The standard InChI is InChI=1S/C15H23N5O/c1-6-16-12-8-13(19-14(18-12)15(3,4)5)17-9-11-7-10(2)20-21-11/h7-8H,6,9H2,1-5H3,(H2,16,17,18,19). The van der Waals surface area contributed by atoms with E-state index in [1.807, 2.05) is 26.0 Å². The Hall–Kier alpha value is -2.11. The second kappa shape index (κ2) is 6.11. The molecule has 0 bridgehead atoms. The van der Waals surface area contributed by atoms with Crippen LogP contribution < -0.4 is 10.6 Å². The normalized spacial score (nSPS) is 11.5. The van der Waals surface area contributed by atoms with Crippen LogP contribution in [-0.4, -0.2) is 21.7 Å². The SMILES string of the molecule is CCNc1cc(NCc2cc(C)no2)nc(C(C)(C)C)n1. The van der Waals surface area contributed by atoms with Gasteiger partial charge in [-0.15, -0.1) is 0 Å². The number of hydrogen-bond donors (Lipinski definition) is 2. The predicted octanol–water partition coefficient (Wildman–Crippen LogP) is 3.11. The summed E-state index contributed by atoms with van der Waals surface area (Å²) in [6.07, 6.45) is 0. The third-order valence-corrected chi connectivity index (χ3v) is 2.88. The largest absolute Gasteiger partial charge is 0.370 e. The van der Waals surface area contributed by atoms with Crippen LogP contribution in [0.15, 0.2) is 16.7 Å². The lowest BCUT2D eigenvalue weighted by Crippen LogP contribution is -2.18. The van der Waals surface area contributed by atoms with Gasteiger partial charge in [-0.1, -0.05) is 25.9 Å². The van der Waals surface area contributed by atoms with E-state index in [9.17, 15) is 0 Å². The Bertz CT molecular complexity index is 600. The maximum atomic E-state index is 5.19. The quantitative estimate of drug-likeness (QED) is 0.880. The fourth-order valence-electron chi connectivity index (χ4n) is 1.82. The lowest BCUT2D eigenvalue weighted by atomic mass is 9.96. The molecule has 6 nitrogen and oxygen atoms in total. The Morgan fingerprint density at radius 1 is 1.10 bits per heavy atom. The first-order valence-corrected chi connectivity index (χ1v) is 7.18. The van der Waals surface area contributed by atoms with Crippen molar-refractivity contribution in [1.82, 2.24) is 15.1 Å². The highest BCUT2D eigenvalue weighted by molar-refractivity contribution is 5.48. The molecule has 0 aliphatic rings. The summed E-state index contributed by atoms with van der Waals surface area (Å²) in [5.41, 5.74) is 0.767. The molecule has 0 amide bonds. The van der Waals surface area contributed by atoms with Crippen molar-refractivity contribution in [3.8, 4) is 0 Å². The fourth-order valence-corrected chi connectivity index (χ4v) is 1.82. The Balaban J connectivity index is 2.19. The van der Waals surface area contributed by atoms with Crippen molar-refractivity contribution in [3.63, 3.8) is 0 Å². The smallest absolute Gasteiger partial charge is 0.156 e. The maximum absolute atomic E-state index is 5.19. The first-order valence-electron chi connectivity index (χ1n) is 7.18. The summed E-state index contributed by atoms with van der Waals surface area (Å²) >= 11 is 0. The van der Waals surface area contributed by atoms with Crippen LogP contribution >= 0.6 is 0 Å². The van der Waals surface area contributed by atoms with Crippen molar-refractivity contribution in [1.29, 1.82) is 0 Å². The molecule has 2 aromatic rings. The zero-order valence-electron chi connectivity index (χ0n) is 13.3. The van der Waals surface area contributed by atoms with Gasteiger partial charge in [-0.3, -0.25) is 0 Å². The zero-order chi connectivity index (χ0) is 15.5. The summed E-state index contributed by atoms with van der Waals surface area (Å²) in [6, 6.07) is 3.81. The molecule has 21 heavy (non-hydrogen) atoms. The lowest BCUT2D eigenvalue weighted by Gasteiger charge is -2.19. The van der Waals surface area contributed by atoms with Crippen LogP contribution in [0.25, 0.3) is 0 Å². The molecule has 0 fully saturated rings. The monoisotopic (exact) mass is 289 g/mol. The molecule has 0 radical (unpaired) electrons. The van der Waals surface area contributed by atoms with E-state index in [1.165, 1.54) is 0 Å². The highest BCUT2D eigenvalue weighted by Crippen LogP contribution is 2.22. The van der Waals surface area contributed by atoms with Crippen LogP contribution in [0.4, 0.5) is 11.6 Å². The van der Waals surface area contributed by atoms with E-state index in [0.717, 1.165) is 35.5 Å². The predicted molar refractivity (Wildman–Crippen MR) is 83.5 cm³/mol. The minimum atomic E-state index is -0.106. The van der Waals surface area contributed by atoms with E-state index in [0.29, 0.717) is 6.54 Å².